The van der Waals surface area contributed by atoms with E-state index in [1.54, 1.807) is 7.11 Å². The number of rotatable bonds is 5. The molecule has 1 N–H and O–H groups in total. The maximum atomic E-state index is 11.2. The Morgan fingerprint density at radius 3 is 1.74 bits per heavy atom. The molecule has 2 aromatic carbocycles. The summed E-state index contributed by atoms with van der Waals surface area (Å²) in [4.78, 5) is 11.2. The van der Waals surface area contributed by atoms with Gasteiger partial charge in [0.1, 0.15) is 5.60 Å². The van der Waals surface area contributed by atoms with Crippen molar-refractivity contribution >= 4 is 5.97 Å². The lowest BCUT2D eigenvalue weighted by Gasteiger charge is -2.32. The molecule has 0 aromatic heterocycles. The fourth-order valence-corrected chi connectivity index (χ4v) is 2.31. The van der Waals surface area contributed by atoms with Gasteiger partial charge in [-0.05, 0) is 11.1 Å². The summed E-state index contributed by atoms with van der Waals surface area (Å²) in [5.41, 5.74) is 0.728. The highest BCUT2D eigenvalue weighted by molar-refractivity contribution is 5.70. The summed E-state index contributed by atoms with van der Waals surface area (Å²) in [5.74, 6) is -0.894. The van der Waals surface area contributed by atoms with E-state index in [0.29, 0.717) is 0 Å². The van der Waals surface area contributed by atoms with Gasteiger partial charge >= 0.3 is 5.97 Å². The van der Waals surface area contributed by atoms with Gasteiger partial charge in [-0.3, -0.25) is 4.79 Å². The third-order valence-electron chi connectivity index (χ3n) is 3.23. The zero-order valence-corrected chi connectivity index (χ0v) is 10.7. The van der Waals surface area contributed by atoms with Crippen molar-refractivity contribution in [3.8, 4) is 0 Å². The first kappa shape index (κ1) is 13.3. The van der Waals surface area contributed by atoms with Crippen molar-refractivity contribution in [3.05, 3.63) is 71.8 Å². The smallest absolute Gasteiger partial charge is 0.307 e. The second kappa shape index (κ2) is 5.67. The highest BCUT2D eigenvalue weighted by atomic mass is 16.5. The van der Waals surface area contributed by atoms with E-state index in [9.17, 15) is 9.90 Å². The molecule has 0 radical (unpaired) electrons. The molecule has 0 aliphatic heterocycles. The number of hydrogen-bond donors (Lipinski definition) is 1. The van der Waals surface area contributed by atoms with Crippen LogP contribution in [0.4, 0.5) is 0 Å². The van der Waals surface area contributed by atoms with E-state index >= 15 is 0 Å². The van der Waals surface area contributed by atoms with E-state index in [0.717, 1.165) is 11.1 Å². The van der Waals surface area contributed by atoms with Gasteiger partial charge in [0.25, 0.3) is 0 Å². The first-order valence-electron chi connectivity index (χ1n) is 6.07. The average Bonchev–Trinajstić information content (AvgIpc) is 2.46. The summed E-state index contributed by atoms with van der Waals surface area (Å²) in [6, 6.07) is 18.9. The lowest BCUT2D eigenvalue weighted by molar-refractivity contribution is -0.142. The maximum Gasteiger partial charge on any atom is 0.307 e. The number of carboxylic acid groups (broad SMARTS) is 1. The van der Waals surface area contributed by atoms with Crippen molar-refractivity contribution in [2.45, 2.75) is 12.0 Å². The van der Waals surface area contributed by atoms with Crippen LogP contribution >= 0.6 is 0 Å². The average molecular weight is 256 g/mol. The molecule has 3 nitrogen and oxygen atoms in total. The van der Waals surface area contributed by atoms with Crippen LogP contribution in [0.2, 0.25) is 0 Å². The Kier molecular flexibility index (Phi) is 3.97. The first-order chi connectivity index (χ1) is 9.19. The molecule has 0 fully saturated rings. The molecule has 0 heterocycles. The Morgan fingerprint density at radius 1 is 1.00 bits per heavy atom. The first-order valence-corrected chi connectivity index (χ1v) is 6.07. The summed E-state index contributed by atoms with van der Waals surface area (Å²) in [6.45, 7) is 0. The van der Waals surface area contributed by atoms with Crippen LogP contribution in [0, 0.1) is 0 Å². The predicted molar refractivity (Wildman–Crippen MR) is 72.9 cm³/mol. The summed E-state index contributed by atoms with van der Waals surface area (Å²) in [7, 11) is 1.54. The Hall–Kier alpha value is -2.13. The Morgan fingerprint density at radius 2 is 1.42 bits per heavy atom. The van der Waals surface area contributed by atoms with E-state index in [1.807, 2.05) is 60.7 Å². The van der Waals surface area contributed by atoms with Gasteiger partial charge in [0.15, 0.2) is 0 Å². The summed E-state index contributed by atoms with van der Waals surface area (Å²) >= 11 is 0. The number of benzene rings is 2. The van der Waals surface area contributed by atoms with Crippen LogP contribution in [0.5, 0.6) is 0 Å². The molecule has 98 valence electrons. The molecule has 3 heteroatoms. The predicted octanol–water partition coefficient (Wildman–Crippen LogP) is 3.05. The molecule has 2 aromatic rings. The number of hydrogen-bond acceptors (Lipinski definition) is 2. The maximum absolute atomic E-state index is 11.2. The van der Waals surface area contributed by atoms with Gasteiger partial charge < -0.3 is 9.84 Å². The molecular weight excluding hydrogens is 240 g/mol. The van der Waals surface area contributed by atoms with Crippen molar-refractivity contribution in [2.75, 3.05) is 7.11 Å². The lowest BCUT2D eigenvalue weighted by Crippen LogP contribution is -2.32. The molecule has 2 rings (SSSR count). The van der Waals surface area contributed by atoms with Gasteiger partial charge in [0.05, 0.1) is 6.42 Å². The minimum atomic E-state index is -0.950. The largest absolute Gasteiger partial charge is 0.481 e. The fourth-order valence-electron chi connectivity index (χ4n) is 2.31. The number of carboxylic acids is 1. The monoisotopic (exact) mass is 256 g/mol. The number of carbonyl (C=O) groups is 1. The van der Waals surface area contributed by atoms with Gasteiger partial charge in [-0.15, -0.1) is 0 Å². The van der Waals surface area contributed by atoms with Crippen LogP contribution in [0.25, 0.3) is 0 Å². The van der Waals surface area contributed by atoms with Gasteiger partial charge in [0, 0.05) is 7.11 Å². The summed E-state index contributed by atoms with van der Waals surface area (Å²) in [5, 5.41) is 9.22. The molecular formula is C16H16O3. The van der Waals surface area contributed by atoms with Crippen molar-refractivity contribution < 1.29 is 14.6 Å². The SMILES string of the molecule is COC(CC(=O)O)(c1ccccc1)c1ccccc1. The summed E-state index contributed by atoms with van der Waals surface area (Å²) in [6.07, 6.45) is -0.114. The van der Waals surface area contributed by atoms with Crippen molar-refractivity contribution in [1.29, 1.82) is 0 Å². The van der Waals surface area contributed by atoms with Crippen molar-refractivity contribution in [1.82, 2.24) is 0 Å². The van der Waals surface area contributed by atoms with Crippen LogP contribution in [0.1, 0.15) is 17.5 Å². The molecule has 0 spiro atoms. The van der Waals surface area contributed by atoms with Crippen LogP contribution in [-0.4, -0.2) is 18.2 Å². The van der Waals surface area contributed by atoms with Gasteiger partial charge in [-0.2, -0.15) is 0 Å². The van der Waals surface area contributed by atoms with E-state index in [1.165, 1.54) is 0 Å². The molecule has 19 heavy (non-hydrogen) atoms. The standard InChI is InChI=1S/C16H16O3/c1-19-16(12-15(17)18,13-8-4-2-5-9-13)14-10-6-3-7-11-14/h2-11H,12H2,1H3,(H,17,18). The number of ether oxygens (including phenoxy) is 1. The van der Waals surface area contributed by atoms with E-state index in [2.05, 4.69) is 0 Å². The van der Waals surface area contributed by atoms with Gasteiger partial charge in [-0.1, -0.05) is 60.7 Å². The zero-order chi connectivity index (χ0) is 13.7. The van der Waals surface area contributed by atoms with Gasteiger partial charge in [-0.25, -0.2) is 0 Å². The van der Waals surface area contributed by atoms with Crippen LogP contribution in [0.3, 0.4) is 0 Å². The van der Waals surface area contributed by atoms with E-state index in [-0.39, 0.29) is 6.42 Å². The van der Waals surface area contributed by atoms with Gasteiger partial charge in [0.2, 0.25) is 0 Å². The Balaban J connectivity index is 2.58. The molecule has 0 saturated carbocycles. The van der Waals surface area contributed by atoms with E-state index < -0.39 is 11.6 Å². The minimum absolute atomic E-state index is 0.114. The molecule has 0 aliphatic rings. The van der Waals surface area contributed by atoms with Crippen LogP contribution < -0.4 is 0 Å². The highest BCUT2D eigenvalue weighted by Crippen LogP contribution is 2.36. The van der Waals surface area contributed by atoms with E-state index in [4.69, 9.17) is 4.74 Å². The number of methoxy groups -OCH3 is 1. The quantitative estimate of drug-likeness (QED) is 0.894. The third-order valence-corrected chi connectivity index (χ3v) is 3.23. The Labute approximate surface area is 112 Å². The Bertz CT molecular complexity index is 495. The second-order valence-electron chi connectivity index (χ2n) is 4.33. The topological polar surface area (TPSA) is 46.5 Å². The molecule has 0 amide bonds. The second-order valence-corrected chi connectivity index (χ2v) is 4.33. The molecule has 0 bridgehead atoms. The minimum Gasteiger partial charge on any atom is -0.481 e. The third kappa shape index (κ3) is 2.66. The van der Waals surface area contributed by atoms with Crippen molar-refractivity contribution in [3.63, 3.8) is 0 Å². The molecule has 0 atom stereocenters. The highest BCUT2D eigenvalue weighted by Gasteiger charge is 2.36. The molecule has 0 aliphatic carbocycles. The van der Waals surface area contributed by atoms with Crippen molar-refractivity contribution in [2.24, 2.45) is 0 Å². The lowest BCUT2D eigenvalue weighted by atomic mass is 9.83. The number of aliphatic carboxylic acids is 1. The van der Waals surface area contributed by atoms with Crippen LogP contribution in [0.15, 0.2) is 60.7 Å². The van der Waals surface area contributed by atoms with Crippen LogP contribution in [-0.2, 0) is 15.1 Å². The zero-order valence-electron chi connectivity index (χ0n) is 10.7. The molecule has 0 unspecified atom stereocenters. The summed E-state index contributed by atoms with van der Waals surface area (Å²) < 4.78 is 5.64. The normalized spacial score (nSPS) is 11.2. The molecule has 0 saturated heterocycles. The fraction of sp³-hybridized carbons (Fsp3) is 0.188.